The van der Waals surface area contributed by atoms with Gasteiger partial charge in [-0.05, 0) is 25.0 Å². The first-order valence-electron chi connectivity index (χ1n) is 7.42. The molecule has 7 heteroatoms. The van der Waals surface area contributed by atoms with Gasteiger partial charge in [0.25, 0.3) is 0 Å². The quantitative estimate of drug-likeness (QED) is 0.420. The van der Waals surface area contributed by atoms with Crippen LogP contribution in [-0.4, -0.2) is 28.8 Å². The van der Waals surface area contributed by atoms with E-state index in [0.29, 0.717) is 18.1 Å². The van der Waals surface area contributed by atoms with Crippen LogP contribution in [0.5, 0.6) is 0 Å². The standard InChI is InChI=1S/C16H22FN5.HI/c1-3-18-16(19-9-8-13-10-21-22(2)12-13)20-11-14-6-4-5-7-15(14)17;/h4-7,10,12H,3,8-9,11H2,1-2H3,(H2,18,19,20);1H. The molecule has 0 radical (unpaired) electrons. The van der Waals surface area contributed by atoms with Gasteiger partial charge >= 0.3 is 0 Å². The molecule has 0 fully saturated rings. The van der Waals surface area contributed by atoms with E-state index in [1.807, 2.05) is 32.4 Å². The zero-order valence-corrected chi connectivity index (χ0v) is 15.8. The highest BCUT2D eigenvalue weighted by Crippen LogP contribution is 2.07. The molecule has 1 aromatic heterocycles. The third-order valence-electron chi connectivity index (χ3n) is 3.17. The fraction of sp³-hybridized carbons (Fsp3) is 0.375. The zero-order valence-electron chi connectivity index (χ0n) is 13.4. The second-order valence-corrected chi connectivity index (χ2v) is 4.99. The fourth-order valence-corrected chi connectivity index (χ4v) is 2.06. The van der Waals surface area contributed by atoms with Crippen molar-refractivity contribution < 1.29 is 4.39 Å². The van der Waals surface area contributed by atoms with E-state index in [2.05, 4.69) is 20.7 Å². The summed E-state index contributed by atoms with van der Waals surface area (Å²) in [6.45, 7) is 3.82. The van der Waals surface area contributed by atoms with Gasteiger partial charge in [0.1, 0.15) is 5.82 Å². The van der Waals surface area contributed by atoms with Crippen LogP contribution in [0.2, 0.25) is 0 Å². The van der Waals surface area contributed by atoms with Crippen molar-refractivity contribution in [3.05, 3.63) is 53.6 Å². The summed E-state index contributed by atoms with van der Waals surface area (Å²) in [7, 11) is 1.90. The molecule has 0 atom stereocenters. The van der Waals surface area contributed by atoms with Gasteiger partial charge in [0, 0.05) is 31.9 Å². The molecular weight excluding hydrogens is 408 g/mol. The van der Waals surface area contributed by atoms with Crippen molar-refractivity contribution in [1.82, 2.24) is 20.4 Å². The molecule has 0 spiro atoms. The van der Waals surface area contributed by atoms with Crippen molar-refractivity contribution in [3.63, 3.8) is 0 Å². The highest BCUT2D eigenvalue weighted by molar-refractivity contribution is 14.0. The van der Waals surface area contributed by atoms with Gasteiger partial charge in [-0.3, -0.25) is 4.68 Å². The van der Waals surface area contributed by atoms with Crippen molar-refractivity contribution in [2.45, 2.75) is 19.9 Å². The first kappa shape index (κ1) is 19.4. The summed E-state index contributed by atoms with van der Waals surface area (Å²) in [5.74, 6) is 0.465. The molecule has 2 aromatic rings. The molecule has 0 aliphatic heterocycles. The van der Waals surface area contributed by atoms with E-state index in [1.165, 1.54) is 11.6 Å². The van der Waals surface area contributed by atoms with Crippen molar-refractivity contribution in [2.75, 3.05) is 13.1 Å². The Labute approximate surface area is 153 Å². The van der Waals surface area contributed by atoms with Crippen LogP contribution in [0, 0.1) is 5.82 Å². The summed E-state index contributed by atoms with van der Waals surface area (Å²) in [6, 6.07) is 6.70. The minimum atomic E-state index is -0.225. The Kier molecular flexibility index (Phi) is 8.60. The van der Waals surface area contributed by atoms with Crippen LogP contribution in [0.3, 0.4) is 0 Å². The lowest BCUT2D eigenvalue weighted by atomic mass is 10.2. The highest BCUT2D eigenvalue weighted by atomic mass is 127. The average Bonchev–Trinajstić information content (AvgIpc) is 2.92. The van der Waals surface area contributed by atoms with E-state index < -0.39 is 0 Å². The SMILES string of the molecule is CCNC(=NCc1ccccc1F)NCCc1cnn(C)c1.I. The van der Waals surface area contributed by atoms with E-state index in [-0.39, 0.29) is 29.8 Å². The van der Waals surface area contributed by atoms with Crippen LogP contribution in [0.4, 0.5) is 4.39 Å². The fourth-order valence-electron chi connectivity index (χ4n) is 2.06. The normalized spacial score (nSPS) is 11.0. The summed E-state index contributed by atoms with van der Waals surface area (Å²) < 4.78 is 15.4. The maximum atomic E-state index is 13.6. The molecule has 0 unspecified atom stereocenters. The van der Waals surface area contributed by atoms with Gasteiger partial charge in [-0.2, -0.15) is 5.10 Å². The monoisotopic (exact) mass is 431 g/mol. The molecule has 1 heterocycles. The van der Waals surface area contributed by atoms with Crippen LogP contribution in [-0.2, 0) is 20.0 Å². The second kappa shape index (κ2) is 10.2. The minimum absolute atomic E-state index is 0. The van der Waals surface area contributed by atoms with Crippen LogP contribution in [0.25, 0.3) is 0 Å². The number of hydrogen-bond donors (Lipinski definition) is 2. The highest BCUT2D eigenvalue weighted by Gasteiger charge is 2.02. The first-order chi connectivity index (χ1) is 10.7. The maximum absolute atomic E-state index is 13.6. The molecule has 5 nitrogen and oxygen atoms in total. The molecule has 0 aliphatic rings. The summed E-state index contributed by atoms with van der Waals surface area (Å²) in [5, 5.41) is 10.5. The molecular formula is C16H23FIN5. The Bertz CT molecular complexity index is 626. The number of halogens is 2. The molecule has 23 heavy (non-hydrogen) atoms. The predicted molar refractivity (Wildman–Crippen MR) is 102 cm³/mol. The largest absolute Gasteiger partial charge is 0.357 e. The number of guanidine groups is 1. The number of aliphatic imine (C=N–C) groups is 1. The third kappa shape index (κ3) is 6.55. The topological polar surface area (TPSA) is 54.2 Å². The number of hydrogen-bond acceptors (Lipinski definition) is 2. The summed E-state index contributed by atoms with van der Waals surface area (Å²) in [4.78, 5) is 4.41. The van der Waals surface area contributed by atoms with Crippen molar-refractivity contribution >= 4 is 29.9 Å². The molecule has 0 saturated heterocycles. The van der Waals surface area contributed by atoms with E-state index in [0.717, 1.165) is 19.5 Å². The Hall–Kier alpha value is -1.64. The molecule has 0 saturated carbocycles. The smallest absolute Gasteiger partial charge is 0.191 e. The molecule has 0 aliphatic carbocycles. The molecule has 2 rings (SSSR count). The molecule has 2 N–H and O–H groups in total. The van der Waals surface area contributed by atoms with Gasteiger partial charge in [0.15, 0.2) is 5.96 Å². The summed E-state index contributed by atoms with van der Waals surface area (Å²) >= 11 is 0. The molecule has 0 amide bonds. The Morgan fingerprint density at radius 2 is 2.09 bits per heavy atom. The lowest BCUT2D eigenvalue weighted by Gasteiger charge is -2.11. The zero-order chi connectivity index (χ0) is 15.8. The average molecular weight is 431 g/mol. The number of nitrogens with zero attached hydrogens (tertiary/aromatic N) is 3. The lowest BCUT2D eigenvalue weighted by Crippen LogP contribution is -2.38. The van der Waals surface area contributed by atoms with Gasteiger partial charge in [-0.25, -0.2) is 9.38 Å². The number of benzene rings is 1. The predicted octanol–water partition coefficient (Wildman–Crippen LogP) is 2.48. The van der Waals surface area contributed by atoms with Crippen molar-refractivity contribution in [1.29, 1.82) is 0 Å². The summed E-state index contributed by atoms with van der Waals surface area (Å²) in [6.07, 6.45) is 4.70. The van der Waals surface area contributed by atoms with E-state index in [9.17, 15) is 4.39 Å². The van der Waals surface area contributed by atoms with Crippen LogP contribution >= 0.6 is 24.0 Å². The Morgan fingerprint density at radius 1 is 1.30 bits per heavy atom. The molecule has 126 valence electrons. The second-order valence-electron chi connectivity index (χ2n) is 4.99. The van der Waals surface area contributed by atoms with E-state index in [4.69, 9.17) is 0 Å². The van der Waals surface area contributed by atoms with Crippen LogP contribution < -0.4 is 10.6 Å². The third-order valence-corrected chi connectivity index (χ3v) is 3.17. The first-order valence-corrected chi connectivity index (χ1v) is 7.42. The van der Waals surface area contributed by atoms with E-state index in [1.54, 1.807) is 16.8 Å². The van der Waals surface area contributed by atoms with Crippen LogP contribution in [0.1, 0.15) is 18.1 Å². The maximum Gasteiger partial charge on any atom is 0.191 e. The van der Waals surface area contributed by atoms with E-state index >= 15 is 0 Å². The van der Waals surface area contributed by atoms with Gasteiger partial charge < -0.3 is 10.6 Å². The van der Waals surface area contributed by atoms with Gasteiger partial charge in [-0.15, -0.1) is 24.0 Å². The number of aryl methyl sites for hydroxylation is 1. The molecule has 0 bridgehead atoms. The van der Waals surface area contributed by atoms with Crippen LogP contribution in [0.15, 0.2) is 41.7 Å². The number of aromatic nitrogens is 2. The molecule has 1 aromatic carbocycles. The number of nitrogens with one attached hydrogen (secondary N) is 2. The lowest BCUT2D eigenvalue weighted by molar-refractivity contribution is 0.610. The Balaban J connectivity index is 0.00000264. The van der Waals surface area contributed by atoms with Gasteiger partial charge in [-0.1, -0.05) is 18.2 Å². The Morgan fingerprint density at radius 3 is 2.74 bits per heavy atom. The van der Waals surface area contributed by atoms with Gasteiger partial charge in [0.05, 0.1) is 12.7 Å². The van der Waals surface area contributed by atoms with Crippen molar-refractivity contribution in [2.24, 2.45) is 12.0 Å². The minimum Gasteiger partial charge on any atom is -0.357 e. The van der Waals surface area contributed by atoms with Crippen molar-refractivity contribution in [3.8, 4) is 0 Å². The van der Waals surface area contributed by atoms with Gasteiger partial charge in [0.2, 0.25) is 0 Å². The number of rotatable bonds is 6. The summed E-state index contributed by atoms with van der Waals surface area (Å²) in [5.41, 5.74) is 1.76.